The fourth-order valence-corrected chi connectivity index (χ4v) is 0.424. The summed E-state index contributed by atoms with van der Waals surface area (Å²) in [5, 5.41) is 0. The summed E-state index contributed by atoms with van der Waals surface area (Å²) in [6.45, 7) is 0. The summed E-state index contributed by atoms with van der Waals surface area (Å²) >= 11 is 0. The number of hydrogen-bond donors (Lipinski definition) is 0. The van der Waals surface area contributed by atoms with E-state index in [9.17, 15) is 22.4 Å². The molecule has 0 saturated carbocycles. The summed E-state index contributed by atoms with van der Waals surface area (Å²) in [7, 11) is 0. The van der Waals surface area contributed by atoms with Gasteiger partial charge in [0.2, 0.25) is 0 Å². The molecular formula is C4F4O3. The molecule has 0 aromatic rings. The van der Waals surface area contributed by atoms with E-state index in [0.717, 1.165) is 0 Å². The second-order valence-electron chi connectivity index (χ2n) is 1.56. The quantitative estimate of drug-likeness (QED) is 0.447. The van der Waals surface area contributed by atoms with Crippen LogP contribution in [0.5, 0.6) is 0 Å². The highest BCUT2D eigenvalue weighted by atomic mass is 19.3. The van der Waals surface area contributed by atoms with Crippen LogP contribution in [0.4, 0.5) is 22.4 Å². The van der Waals surface area contributed by atoms with E-state index in [1.807, 2.05) is 0 Å². The highest BCUT2D eigenvalue weighted by molar-refractivity contribution is 5.66. The predicted molar refractivity (Wildman–Crippen MR) is 21.8 cm³/mol. The van der Waals surface area contributed by atoms with Crippen molar-refractivity contribution in [1.82, 2.24) is 0 Å². The zero-order chi connectivity index (χ0) is 8.65. The molecule has 0 N–H and O–H groups in total. The van der Waals surface area contributed by atoms with Crippen LogP contribution in [-0.2, 0) is 9.47 Å². The molecule has 1 rings (SSSR count). The van der Waals surface area contributed by atoms with Crippen molar-refractivity contribution in [3.8, 4) is 0 Å². The zero-order valence-corrected chi connectivity index (χ0v) is 4.74. The van der Waals surface area contributed by atoms with E-state index >= 15 is 0 Å². The van der Waals surface area contributed by atoms with Crippen molar-refractivity contribution in [3.63, 3.8) is 0 Å². The van der Waals surface area contributed by atoms with E-state index in [4.69, 9.17) is 0 Å². The van der Waals surface area contributed by atoms with Crippen molar-refractivity contribution in [2.24, 2.45) is 0 Å². The molecule has 11 heavy (non-hydrogen) atoms. The van der Waals surface area contributed by atoms with Gasteiger partial charge in [-0.15, -0.1) is 4.39 Å². The molecule has 1 aliphatic heterocycles. The van der Waals surface area contributed by atoms with Crippen molar-refractivity contribution in [2.75, 3.05) is 0 Å². The number of alkyl halides is 1. The fourth-order valence-electron chi connectivity index (χ4n) is 0.424. The summed E-state index contributed by atoms with van der Waals surface area (Å²) in [4.78, 5) is 9.72. The van der Waals surface area contributed by atoms with Crippen LogP contribution in [0.2, 0.25) is 0 Å². The van der Waals surface area contributed by atoms with Gasteiger partial charge in [0.25, 0.3) is 5.83 Å². The van der Waals surface area contributed by atoms with Crippen LogP contribution in [0, 0.1) is 0 Å². The van der Waals surface area contributed by atoms with E-state index < -0.39 is 24.1 Å². The normalized spacial score (nSPS) is 19.5. The molecule has 0 unspecified atom stereocenters. The van der Waals surface area contributed by atoms with Gasteiger partial charge in [-0.05, 0) is 0 Å². The molecule has 0 aromatic heterocycles. The Morgan fingerprint density at radius 2 is 1.73 bits per heavy atom. The Kier molecular flexibility index (Phi) is 1.50. The smallest absolute Gasteiger partial charge is 0.356 e. The Morgan fingerprint density at radius 1 is 1.27 bits per heavy atom. The van der Waals surface area contributed by atoms with E-state index in [2.05, 4.69) is 9.47 Å². The van der Waals surface area contributed by atoms with Gasteiger partial charge in [0.05, 0.1) is 0 Å². The van der Waals surface area contributed by atoms with Gasteiger partial charge in [0, 0.05) is 0 Å². The van der Waals surface area contributed by atoms with E-state index in [1.54, 1.807) is 0 Å². The average Bonchev–Trinajstić information content (AvgIpc) is 1.83. The minimum Gasteiger partial charge on any atom is -0.356 e. The Hall–Kier alpha value is -1.27. The third-order valence-corrected chi connectivity index (χ3v) is 0.857. The predicted octanol–water partition coefficient (Wildman–Crippen LogP) is 1.85. The van der Waals surface area contributed by atoms with E-state index in [1.165, 1.54) is 0 Å². The number of cyclic esters (lactones) is 2. The number of carbonyl (C=O) groups is 1. The summed E-state index contributed by atoms with van der Waals surface area (Å²) in [6, 6.07) is -3.71. The maximum Gasteiger partial charge on any atom is 0.519 e. The monoisotopic (exact) mass is 172 g/mol. The van der Waals surface area contributed by atoms with Gasteiger partial charge in [-0.25, -0.2) is 4.79 Å². The van der Waals surface area contributed by atoms with Gasteiger partial charge in [-0.3, -0.25) is 0 Å². The second kappa shape index (κ2) is 2.11. The lowest BCUT2D eigenvalue weighted by molar-refractivity contribution is -0.330. The first kappa shape index (κ1) is 7.83. The minimum absolute atomic E-state index is 1.54. The van der Waals surface area contributed by atoms with Crippen LogP contribution in [0.25, 0.3) is 0 Å². The van der Waals surface area contributed by atoms with Crippen molar-refractivity contribution in [1.29, 1.82) is 0 Å². The second-order valence-corrected chi connectivity index (χ2v) is 1.56. The number of rotatable bonds is 1. The Bertz CT molecular complexity index is 223. The first-order valence-corrected chi connectivity index (χ1v) is 2.28. The largest absolute Gasteiger partial charge is 0.519 e. The molecule has 0 aromatic carbocycles. The SMILES string of the molecule is O=C1OC(F)(C(F)=C(F)F)O1. The Balaban J connectivity index is 2.77. The molecule has 1 heterocycles. The molecule has 0 bridgehead atoms. The average molecular weight is 172 g/mol. The van der Waals surface area contributed by atoms with E-state index in [0.29, 0.717) is 0 Å². The highest BCUT2D eigenvalue weighted by Crippen LogP contribution is 2.37. The van der Waals surface area contributed by atoms with Gasteiger partial charge >= 0.3 is 18.3 Å². The van der Waals surface area contributed by atoms with Crippen molar-refractivity contribution < 1.29 is 31.8 Å². The molecule has 1 fully saturated rings. The zero-order valence-electron chi connectivity index (χ0n) is 4.74. The lowest BCUT2D eigenvalue weighted by atomic mass is 10.5. The first-order chi connectivity index (χ1) is 4.96. The fraction of sp³-hybridized carbons (Fsp3) is 0.250. The van der Waals surface area contributed by atoms with Gasteiger partial charge in [0.1, 0.15) is 0 Å². The molecule has 0 atom stereocenters. The molecule has 0 aliphatic carbocycles. The summed E-state index contributed by atoms with van der Waals surface area (Å²) in [5.41, 5.74) is 0. The van der Waals surface area contributed by atoms with Gasteiger partial charge in [-0.1, -0.05) is 0 Å². The molecule has 0 radical (unpaired) electrons. The molecule has 1 aliphatic rings. The summed E-state index contributed by atoms with van der Waals surface area (Å²) in [6.07, 6.45) is -4.47. The Labute approximate surface area is 57.2 Å². The molecule has 3 nitrogen and oxygen atoms in total. The van der Waals surface area contributed by atoms with Crippen LogP contribution in [0.15, 0.2) is 11.9 Å². The van der Waals surface area contributed by atoms with Crippen molar-refractivity contribution in [3.05, 3.63) is 11.9 Å². The van der Waals surface area contributed by atoms with Gasteiger partial charge in [-0.2, -0.15) is 13.2 Å². The maximum atomic E-state index is 12.2. The first-order valence-electron chi connectivity index (χ1n) is 2.28. The molecule has 0 amide bonds. The van der Waals surface area contributed by atoms with Crippen LogP contribution in [-0.4, -0.2) is 12.2 Å². The van der Waals surface area contributed by atoms with E-state index in [-0.39, 0.29) is 0 Å². The van der Waals surface area contributed by atoms with Crippen LogP contribution in [0.3, 0.4) is 0 Å². The van der Waals surface area contributed by atoms with Gasteiger partial charge in [0.15, 0.2) is 0 Å². The number of ether oxygens (including phenoxy) is 2. The number of hydrogen-bond acceptors (Lipinski definition) is 3. The molecule has 7 heteroatoms. The van der Waals surface area contributed by atoms with Crippen LogP contribution in [0.1, 0.15) is 0 Å². The summed E-state index contributed by atoms with van der Waals surface area (Å²) in [5.74, 6) is -2.54. The van der Waals surface area contributed by atoms with Crippen LogP contribution < -0.4 is 0 Å². The standard InChI is InChI=1S/C4F4O3/c5-1(2(6)7)4(8)10-3(9)11-4. The maximum absolute atomic E-state index is 12.2. The topological polar surface area (TPSA) is 35.5 Å². The third kappa shape index (κ3) is 1.13. The molecule has 62 valence electrons. The number of carbonyl (C=O) groups excluding carboxylic acids is 1. The lowest BCUT2D eigenvalue weighted by Crippen LogP contribution is -2.47. The van der Waals surface area contributed by atoms with Gasteiger partial charge < -0.3 is 9.47 Å². The van der Waals surface area contributed by atoms with Crippen LogP contribution >= 0.6 is 0 Å². The molecule has 0 spiro atoms. The minimum atomic E-state index is -3.71. The molecule has 1 saturated heterocycles. The van der Waals surface area contributed by atoms with Crippen molar-refractivity contribution in [2.45, 2.75) is 6.04 Å². The number of halogens is 4. The highest BCUT2D eigenvalue weighted by Gasteiger charge is 2.57. The van der Waals surface area contributed by atoms with Crippen molar-refractivity contribution >= 4 is 6.16 Å². The lowest BCUT2D eigenvalue weighted by Gasteiger charge is -2.28. The molecular weight excluding hydrogens is 172 g/mol. The summed E-state index contributed by atoms with van der Waals surface area (Å²) < 4.78 is 53.3. The third-order valence-electron chi connectivity index (χ3n) is 0.857. The Morgan fingerprint density at radius 3 is 2.00 bits per heavy atom.